The summed E-state index contributed by atoms with van der Waals surface area (Å²) in [5.41, 5.74) is -0.909. The molecule has 1 aromatic heterocycles. The largest absolute Gasteiger partial charge is 0.433 e. The molecule has 1 saturated carbocycles. The van der Waals surface area contributed by atoms with Crippen LogP contribution in [0.4, 0.5) is 13.2 Å². The molecule has 1 aromatic rings. The van der Waals surface area contributed by atoms with Crippen molar-refractivity contribution in [2.24, 2.45) is 0 Å². The summed E-state index contributed by atoms with van der Waals surface area (Å²) in [4.78, 5) is 6.92. The molecule has 0 aliphatic heterocycles. The van der Waals surface area contributed by atoms with Gasteiger partial charge in [-0.05, 0) is 12.8 Å². The van der Waals surface area contributed by atoms with Gasteiger partial charge < -0.3 is 10.4 Å². The van der Waals surface area contributed by atoms with E-state index in [0.29, 0.717) is 6.42 Å². The fourth-order valence-corrected chi connectivity index (χ4v) is 2.33. The van der Waals surface area contributed by atoms with Crippen LogP contribution in [0.25, 0.3) is 0 Å². The van der Waals surface area contributed by atoms with Crippen molar-refractivity contribution >= 4 is 0 Å². The SMILES string of the molecule is O[C@H]1CCCC[C@@H]1NCc1cncnc1C(F)(F)F. The third-order valence-corrected chi connectivity index (χ3v) is 3.34. The maximum Gasteiger partial charge on any atom is 0.433 e. The number of nitrogens with zero attached hydrogens (tertiary/aromatic N) is 2. The van der Waals surface area contributed by atoms with E-state index in [2.05, 4.69) is 15.3 Å². The first-order chi connectivity index (χ1) is 8.98. The standard InChI is InChI=1S/C12H16F3N3O/c13-12(14,15)11-8(5-16-7-18-11)6-17-9-3-1-2-4-10(9)19/h5,7,9-10,17,19H,1-4,6H2/t9-,10-/m0/s1. The summed E-state index contributed by atoms with van der Waals surface area (Å²) in [6.07, 6.45) is 0.483. The van der Waals surface area contributed by atoms with Gasteiger partial charge in [0.05, 0.1) is 6.10 Å². The average molecular weight is 275 g/mol. The second-order valence-corrected chi connectivity index (χ2v) is 4.73. The lowest BCUT2D eigenvalue weighted by Gasteiger charge is -2.28. The molecule has 0 amide bonds. The van der Waals surface area contributed by atoms with Crippen LogP contribution in [0.5, 0.6) is 0 Å². The second-order valence-electron chi connectivity index (χ2n) is 4.73. The molecule has 19 heavy (non-hydrogen) atoms. The highest BCUT2D eigenvalue weighted by Gasteiger charge is 2.35. The number of aliphatic hydroxyl groups excluding tert-OH is 1. The zero-order chi connectivity index (χ0) is 13.9. The molecule has 1 heterocycles. The highest BCUT2D eigenvalue weighted by atomic mass is 19.4. The van der Waals surface area contributed by atoms with E-state index in [-0.39, 0.29) is 18.2 Å². The zero-order valence-corrected chi connectivity index (χ0v) is 10.3. The van der Waals surface area contributed by atoms with Crippen LogP contribution >= 0.6 is 0 Å². The number of aliphatic hydroxyl groups is 1. The predicted octanol–water partition coefficient (Wildman–Crippen LogP) is 1.89. The summed E-state index contributed by atoms with van der Waals surface area (Å²) in [6, 6.07) is -0.157. The van der Waals surface area contributed by atoms with Crippen LogP contribution in [0.1, 0.15) is 36.9 Å². The van der Waals surface area contributed by atoms with Gasteiger partial charge >= 0.3 is 6.18 Å². The molecular formula is C12H16F3N3O. The van der Waals surface area contributed by atoms with E-state index in [1.54, 1.807) is 0 Å². The zero-order valence-electron chi connectivity index (χ0n) is 10.3. The average Bonchev–Trinajstić information content (AvgIpc) is 2.37. The molecule has 1 aliphatic rings. The number of aromatic nitrogens is 2. The Hall–Kier alpha value is -1.21. The van der Waals surface area contributed by atoms with Gasteiger partial charge in [0.15, 0.2) is 5.69 Å². The molecule has 2 atom stereocenters. The smallest absolute Gasteiger partial charge is 0.392 e. The van der Waals surface area contributed by atoms with Gasteiger partial charge in [-0.15, -0.1) is 0 Å². The predicted molar refractivity (Wildman–Crippen MR) is 62.1 cm³/mol. The van der Waals surface area contributed by atoms with Gasteiger partial charge in [0.1, 0.15) is 6.33 Å². The van der Waals surface area contributed by atoms with Crippen molar-refractivity contribution in [3.8, 4) is 0 Å². The Balaban J connectivity index is 2.03. The fraction of sp³-hybridized carbons (Fsp3) is 0.667. The van der Waals surface area contributed by atoms with E-state index in [4.69, 9.17) is 0 Å². The molecule has 1 aliphatic carbocycles. The van der Waals surface area contributed by atoms with Gasteiger partial charge in [-0.25, -0.2) is 9.97 Å². The lowest BCUT2D eigenvalue weighted by Crippen LogP contribution is -2.41. The van der Waals surface area contributed by atoms with Crippen LogP contribution in [0, 0.1) is 0 Å². The van der Waals surface area contributed by atoms with Crippen molar-refractivity contribution in [1.29, 1.82) is 0 Å². The monoisotopic (exact) mass is 275 g/mol. The second kappa shape index (κ2) is 5.83. The maximum absolute atomic E-state index is 12.7. The summed E-state index contributed by atoms with van der Waals surface area (Å²) < 4.78 is 38.2. The number of rotatable bonds is 3. The number of halogens is 3. The molecule has 4 nitrogen and oxygen atoms in total. The summed E-state index contributed by atoms with van der Waals surface area (Å²) in [5.74, 6) is 0. The van der Waals surface area contributed by atoms with Gasteiger partial charge in [-0.1, -0.05) is 12.8 Å². The van der Waals surface area contributed by atoms with E-state index >= 15 is 0 Å². The summed E-state index contributed by atoms with van der Waals surface area (Å²) in [5, 5.41) is 12.7. The van der Waals surface area contributed by atoms with E-state index in [1.807, 2.05) is 0 Å². The lowest BCUT2D eigenvalue weighted by molar-refractivity contribution is -0.142. The molecule has 0 aromatic carbocycles. The van der Waals surface area contributed by atoms with Crippen LogP contribution in [0.15, 0.2) is 12.5 Å². The molecule has 0 unspecified atom stereocenters. The van der Waals surface area contributed by atoms with Crippen LogP contribution in [0.2, 0.25) is 0 Å². The molecule has 1 fully saturated rings. The van der Waals surface area contributed by atoms with E-state index in [0.717, 1.165) is 31.8 Å². The van der Waals surface area contributed by atoms with E-state index in [1.165, 1.54) is 0 Å². The molecule has 2 N–H and O–H groups in total. The van der Waals surface area contributed by atoms with Gasteiger partial charge in [0.25, 0.3) is 0 Å². The van der Waals surface area contributed by atoms with Crippen LogP contribution < -0.4 is 5.32 Å². The van der Waals surface area contributed by atoms with Crippen molar-refractivity contribution < 1.29 is 18.3 Å². The third kappa shape index (κ3) is 3.63. The first kappa shape index (κ1) is 14.2. The summed E-state index contributed by atoms with van der Waals surface area (Å²) in [7, 11) is 0. The fourth-order valence-electron chi connectivity index (χ4n) is 2.33. The van der Waals surface area contributed by atoms with Crippen molar-refractivity contribution in [2.75, 3.05) is 0 Å². The van der Waals surface area contributed by atoms with Crippen molar-refractivity contribution in [1.82, 2.24) is 15.3 Å². The first-order valence-corrected chi connectivity index (χ1v) is 6.26. The number of hydrogen-bond donors (Lipinski definition) is 2. The Morgan fingerprint density at radius 2 is 2.05 bits per heavy atom. The molecule has 106 valence electrons. The van der Waals surface area contributed by atoms with E-state index in [9.17, 15) is 18.3 Å². The molecule has 7 heteroatoms. The molecule has 0 bridgehead atoms. The van der Waals surface area contributed by atoms with Crippen LogP contribution in [-0.4, -0.2) is 27.2 Å². The summed E-state index contributed by atoms with van der Waals surface area (Å²) >= 11 is 0. The normalized spacial score (nSPS) is 24.4. The van der Waals surface area contributed by atoms with Gasteiger partial charge in [-0.2, -0.15) is 13.2 Å². The van der Waals surface area contributed by atoms with E-state index < -0.39 is 18.0 Å². The lowest BCUT2D eigenvalue weighted by atomic mass is 9.92. The molecule has 0 radical (unpaired) electrons. The van der Waals surface area contributed by atoms with Crippen LogP contribution in [-0.2, 0) is 12.7 Å². The molecule has 0 saturated heterocycles. The molecule has 2 rings (SSSR count). The van der Waals surface area contributed by atoms with Gasteiger partial charge in [0, 0.05) is 24.3 Å². The number of hydrogen-bond acceptors (Lipinski definition) is 4. The number of alkyl halides is 3. The summed E-state index contributed by atoms with van der Waals surface area (Å²) in [6.45, 7) is 0.0113. The highest BCUT2D eigenvalue weighted by molar-refractivity contribution is 5.18. The highest BCUT2D eigenvalue weighted by Crippen LogP contribution is 2.29. The Labute approximate surface area is 109 Å². The Bertz CT molecular complexity index is 425. The molecule has 0 spiro atoms. The van der Waals surface area contributed by atoms with Gasteiger partial charge in [0.2, 0.25) is 0 Å². The molecular weight excluding hydrogens is 259 g/mol. The third-order valence-electron chi connectivity index (χ3n) is 3.34. The van der Waals surface area contributed by atoms with Crippen molar-refractivity contribution in [3.63, 3.8) is 0 Å². The van der Waals surface area contributed by atoms with Gasteiger partial charge in [-0.3, -0.25) is 0 Å². The maximum atomic E-state index is 12.7. The minimum absolute atomic E-state index is 0.00720. The van der Waals surface area contributed by atoms with Crippen molar-refractivity contribution in [2.45, 2.75) is 50.6 Å². The van der Waals surface area contributed by atoms with Crippen LogP contribution in [0.3, 0.4) is 0 Å². The minimum Gasteiger partial charge on any atom is -0.392 e. The minimum atomic E-state index is -4.48. The van der Waals surface area contributed by atoms with Crippen molar-refractivity contribution in [3.05, 3.63) is 23.8 Å². The quantitative estimate of drug-likeness (QED) is 0.884. The Morgan fingerprint density at radius 1 is 1.32 bits per heavy atom. The first-order valence-electron chi connectivity index (χ1n) is 6.26. The topological polar surface area (TPSA) is 58.0 Å². The Morgan fingerprint density at radius 3 is 2.74 bits per heavy atom. The number of nitrogens with one attached hydrogen (secondary N) is 1. The Kier molecular flexibility index (Phi) is 4.36.